The fourth-order valence-corrected chi connectivity index (χ4v) is 4.44. The molecule has 2 aromatic rings. The molecule has 0 aliphatic heterocycles. The molecule has 1 atom stereocenters. The summed E-state index contributed by atoms with van der Waals surface area (Å²) in [5, 5.41) is 0. The second-order valence-corrected chi connectivity index (χ2v) is 6.88. The minimum absolute atomic E-state index is 0.578. The first-order valence-corrected chi connectivity index (χ1v) is 8.74. The van der Waals surface area contributed by atoms with Crippen LogP contribution in [-0.4, -0.2) is 0 Å². The molecule has 0 nitrogen and oxygen atoms in total. The molecule has 22 heavy (non-hydrogen) atoms. The average molecular weight is 288 g/mol. The lowest BCUT2D eigenvalue weighted by molar-refractivity contribution is 0.393. The van der Waals surface area contributed by atoms with Gasteiger partial charge < -0.3 is 0 Å². The third-order valence-electron chi connectivity index (χ3n) is 5.56. The Morgan fingerprint density at radius 2 is 1.59 bits per heavy atom. The summed E-state index contributed by atoms with van der Waals surface area (Å²) in [6.07, 6.45) is 9.55. The van der Waals surface area contributed by atoms with Gasteiger partial charge in [-0.05, 0) is 41.0 Å². The molecule has 0 heteroatoms. The molecule has 0 saturated heterocycles. The van der Waals surface area contributed by atoms with Crippen molar-refractivity contribution in [2.75, 3.05) is 0 Å². The Bertz CT molecular complexity index is 687. The Balaban J connectivity index is 1.73. The standard InChI is InChI=1S/C22H24/c1-16-21(18-11-6-3-7-12-18)15-19-13-8-14-20(22(16)19)17-9-4-2-5-10-17/h2,4-5,8-10,13-16,18H,3,6-7,11-12H2,1H3. The summed E-state index contributed by atoms with van der Waals surface area (Å²) < 4.78 is 0. The topological polar surface area (TPSA) is 0 Å². The van der Waals surface area contributed by atoms with Crippen molar-refractivity contribution in [3.63, 3.8) is 0 Å². The summed E-state index contributed by atoms with van der Waals surface area (Å²) in [6.45, 7) is 2.42. The van der Waals surface area contributed by atoms with Gasteiger partial charge in [0.05, 0.1) is 0 Å². The van der Waals surface area contributed by atoms with Gasteiger partial charge in [0.25, 0.3) is 0 Å². The third-order valence-corrected chi connectivity index (χ3v) is 5.56. The zero-order valence-electron chi connectivity index (χ0n) is 13.4. The second kappa shape index (κ2) is 5.76. The molecular weight excluding hydrogens is 264 g/mol. The number of benzene rings is 2. The van der Waals surface area contributed by atoms with Crippen molar-refractivity contribution in [1.82, 2.24) is 0 Å². The first-order chi connectivity index (χ1) is 10.8. The van der Waals surface area contributed by atoms with Gasteiger partial charge in [0, 0.05) is 5.92 Å². The number of rotatable bonds is 2. The highest BCUT2D eigenvalue weighted by atomic mass is 14.3. The normalized spacial score (nSPS) is 21.5. The van der Waals surface area contributed by atoms with Crippen LogP contribution in [0.4, 0.5) is 0 Å². The first-order valence-electron chi connectivity index (χ1n) is 8.74. The average Bonchev–Trinajstić information content (AvgIpc) is 2.94. The predicted octanol–water partition coefficient (Wildman–Crippen LogP) is 6.43. The van der Waals surface area contributed by atoms with Gasteiger partial charge in [-0.15, -0.1) is 0 Å². The monoisotopic (exact) mass is 288 g/mol. The van der Waals surface area contributed by atoms with Crippen LogP contribution in [-0.2, 0) is 0 Å². The minimum Gasteiger partial charge on any atom is -0.0622 e. The fourth-order valence-electron chi connectivity index (χ4n) is 4.44. The summed E-state index contributed by atoms with van der Waals surface area (Å²) in [7, 11) is 0. The Hall–Kier alpha value is -1.82. The van der Waals surface area contributed by atoms with Crippen LogP contribution < -0.4 is 0 Å². The first kappa shape index (κ1) is 13.8. The maximum absolute atomic E-state index is 2.50. The smallest absolute Gasteiger partial charge is 0.00380 e. The van der Waals surface area contributed by atoms with E-state index in [4.69, 9.17) is 0 Å². The van der Waals surface area contributed by atoms with Crippen LogP contribution >= 0.6 is 0 Å². The summed E-state index contributed by atoms with van der Waals surface area (Å²) in [6, 6.07) is 17.7. The summed E-state index contributed by atoms with van der Waals surface area (Å²) >= 11 is 0. The van der Waals surface area contributed by atoms with Crippen LogP contribution in [0.5, 0.6) is 0 Å². The molecule has 1 saturated carbocycles. The van der Waals surface area contributed by atoms with Gasteiger partial charge in [-0.1, -0.05) is 86.4 Å². The Labute approximate surface area is 133 Å². The van der Waals surface area contributed by atoms with Crippen LogP contribution in [0, 0.1) is 5.92 Å². The van der Waals surface area contributed by atoms with Crippen LogP contribution in [0.15, 0.2) is 54.1 Å². The summed E-state index contributed by atoms with van der Waals surface area (Å²) in [5.74, 6) is 1.40. The molecule has 112 valence electrons. The molecule has 0 amide bonds. The van der Waals surface area contributed by atoms with E-state index in [1.165, 1.54) is 48.8 Å². The molecule has 1 unspecified atom stereocenters. The van der Waals surface area contributed by atoms with Gasteiger partial charge in [-0.25, -0.2) is 0 Å². The van der Waals surface area contributed by atoms with E-state index in [0.717, 1.165) is 5.92 Å². The highest BCUT2D eigenvalue weighted by Gasteiger charge is 2.29. The maximum Gasteiger partial charge on any atom is 0.00380 e. The van der Waals surface area contributed by atoms with Crippen molar-refractivity contribution in [2.24, 2.45) is 5.92 Å². The molecule has 2 aromatic carbocycles. The van der Waals surface area contributed by atoms with E-state index in [-0.39, 0.29) is 0 Å². The minimum atomic E-state index is 0.578. The van der Waals surface area contributed by atoms with E-state index >= 15 is 0 Å². The van der Waals surface area contributed by atoms with Gasteiger partial charge in [0.1, 0.15) is 0 Å². The van der Waals surface area contributed by atoms with Gasteiger partial charge >= 0.3 is 0 Å². The number of hydrogen-bond acceptors (Lipinski definition) is 0. The highest BCUT2D eigenvalue weighted by molar-refractivity contribution is 5.79. The van der Waals surface area contributed by atoms with Crippen molar-refractivity contribution in [3.05, 3.63) is 65.2 Å². The third kappa shape index (κ3) is 2.31. The SMILES string of the molecule is CC1C(C2CCCCC2)=Cc2cccc(-c3ccccc3)c21. The van der Waals surface area contributed by atoms with Crippen molar-refractivity contribution < 1.29 is 0 Å². The second-order valence-electron chi connectivity index (χ2n) is 6.88. The molecule has 4 rings (SSSR count). The number of allylic oxidation sites excluding steroid dienone is 1. The lowest BCUT2D eigenvalue weighted by atomic mass is 9.78. The van der Waals surface area contributed by atoms with Crippen molar-refractivity contribution in [3.8, 4) is 11.1 Å². The Kier molecular flexibility index (Phi) is 3.62. The summed E-state index contributed by atoms with van der Waals surface area (Å²) in [4.78, 5) is 0. The molecular formula is C22H24. The molecule has 2 aliphatic carbocycles. The van der Waals surface area contributed by atoms with E-state index in [9.17, 15) is 0 Å². The van der Waals surface area contributed by atoms with Crippen molar-refractivity contribution >= 4 is 6.08 Å². The number of hydrogen-bond donors (Lipinski definition) is 0. The van der Waals surface area contributed by atoms with Crippen molar-refractivity contribution in [1.29, 1.82) is 0 Å². The van der Waals surface area contributed by atoms with Crippen LogP contribution in [0.3, 0.4) is 0 Å². The van der Waals surface area contributed by atoms with Crippen LogP contribution in [0.25, 0.3) is 17.2 Å². The largest absolute Gasteiger partial charge is 0.0622 e. The van der Waals surface area contributed by atoms with E-state index in [0.29, 0.717) is 5.92 Å². The summed E-state index contributed by atoms with van der Waals surface area (Å²) in [5.41, 5.74) is 7.47. The van der Waals surface area contributed by atoms with Crippen LogP contribution in [0.2, 0.25) is 0 Å². The van der Waals surface area contributed by atoms with Gasteiger partial charge in [0.2, 0.25) is 0 Å². The quantitative estimate of drug-likeness (QED) is 0.597. The molecule has 2 aliphatic rings. The fraction of sp³-hybridized carbons (Fsp3) is 0.364. The number of fused-ring (bicyclic) bond motifs is 1. The zero-order chi connectivity index (χ0) is 14.9. The maximum atomic E-state index is 2.50. The lowest BCUT2D eigenvalue weighted by Gasteiger charge is -2.26. The highest BCUT2D eigenvalue weighted by Crippen LogP contribution is 2.47. The van der Waals surface area contributed by atoms with E-state index < -0.39 is 0 Å². The van der Waals surface area contributed by atoms with E-state index in [2.05, 4.69) is 61.5 Å². The molecule has 0 bridgehead atoms. The van der Waals surface area contributed by atoms with Gasteiger partial charge in [-0.3, -0.25) is 0 Å². The molecule has 0 heterocycles. The Morgan fingerprint density at radius 1 is 0.818 bits per heavy atom. The van der Waals surface area contributed by atoms with Crippen LogP contribution in [0.1, 0.15) is 56.1 Å². The molecule has 1 fully saturated rings. The predicted molar refractivity (Wildman–Crippen MR) is 94.8 cm³/mol. The van der Waals surface area contributed by atoms with Gasteiger partial charge in [0.15, 0.2) is 0 Å². The molecule has 0 aromatic heterocycles. The zero-order valence-corrected chi connectivity index (χ0v) is 13.4. The Morgan fingerprint density at radius 3 is 2.36 bits per heavy atom. The molecule has 0 spiro atoms. The lowest BCUT2D eigenvalue weighted by Crippen LogP contribution is -2.11. The van der Waals surface area contributed by atoms with E-state index in [1.807, 2.05) is 0 Å². The molecule has 0 radical (unpaired) electrons. The van der Waals surface area contributed by atoms with E-state index in [1.54, 1.807) is 11.1 Å². The van der Waals surface area contributed by atoms with Gasteiger partial charge in [-0.2, -0.15) is 0 Å². The van der Waals surface area contributed by atoms with Crippen molar-refractivity contribution in [2.45, 2.75) is 44.9 Å². The molecule has 0 N–H and O–H groups in total.